The maximum Gasteiger partial charge on any atom is 0.314 e. The smallest absolute Gasteiger partial charge is 0.314 e. The van der Waals surface area contributed by atoms with Crippen LogP contribution in [0.3, 0.4) is 0 Å². The van der Waals surface area contributed by atoms with Crippen molar-refractivity contribution in [2.24, 2.45) is 0 Å². The molecule has 0 unspecified atom stereocenters. The van der Waals surface area contributed by atoms with Gasteiger partial charge < -0.3 is 40.2 Å². The number of amides is 3. The van der Waals surface area contributed by atoms with Crippen molar-refractivity contribution in [2.45, 2.75) is 26.7 Å². The summed E-state index contributed by atoms with van der Waals surface area (Å²) in [4.78, 5) is 27.4. The topological polar surface area (TPSA) is 180 Å². The zero-order valence-corrected chi connectivity index (χ0v) is 28.8. The highest BCUT2D eigenvalue weighted by Gasteiger charge is 2.17. The Hall–Kier alpha value is -6.57. The van der Waals surface area contributed by atoms with Crippen molar-refractivity contribution in [3.8, 4) is 46.3 Å². The molecule has 5 rings (SSSR count). The van der Waals surface area contributed by atoms with Gasteiger partial charge in [-0.25, -0.2) is 4.79 Å². The number of nitrogens with one attached hydrogen (secondary N) is 4. The molecule has 13 nitrogen and oxygen atoms in total. The first-order valence-electron chi connectivity index (χ1n) is 16.7. The van der Waals surface area contributed by atoms with E-state index in [1.54, 1.807) is 12.3 Å². The number of fused-ring (bicyclic) bond motifs is 1. The number of ether oxygens (including phenoxy) is 4. The number of carbonyl (C=O) groups excluding carboxylic acids is 2. The van der Waals surface area contributed by atoms with Crippen LogP contribution in [-0.2, 0) is 24.6 Å². The normalized spacial score (nSPS) is 11.4. The summed E-state index contributed by atoms with van der Waals surface area (Å²) in [5.74, 6) is 2.17. The fourth-order valence-electron chi connectivity index (χ4n) is 5.39. The van der Waals surface area contributed by atoms with Crippen molar-refractivity contribution in [3.05, 3.63) is 113 Å². The van der Waals surface area contributed by atoms with Gasteiger partial charge in [0, 0.05) is 67.9 Å². The molecule has 4 N–H and O–H groups in total. The summed E-state index contributed by atoms with van der Waals surface area (Å²) in [6.07, 6.45) is 4.31. The van der Waals surface area contributed by atoms with Crippen molar-refractivity contribution in [1.82, 2.24) is 26.3 Å². The second-order valence-electron chi connectivity index (χ2n) is 11.7. The third kappa shape index (κ3) is 10.00. The first-order valence-corrected chi connectivity index (χ1v) is 16.7. The largest absolute Gasteiger partial charge is 0.488 e. The van der Waals surface area contributed by atoms with Gasteiger partial charge in [-0.05, 0) is 54.0 Å². The number of nitriles is 2. The minimum atomic E-state index is -0.347. The van der Waals surface area contributed by atoms with Gasteiger partial charge >= 0.3 is 6.03 Å². The standard InChI is InChI=1S/C39H39N7O6/c1-3-38(47)44-11-12-46-39(48)45-10-9-42-23-31-15-26(2)35(18-36(31)51-24-28-16-27(19-40)21-43-22-28)52-25-30-5-4-6-32(33(30)20-41)29-7-8-34-37(17-29)50-14-13-49-34/h3-8,15-18,21-22,42H,1,9-14,23-25H2,2H3,(H,44,47)(H2,45,46,48). The molecule has 0 spiro atoms. The van der Waals surface area contributed by atoms with Crippen molar-refractivity contribution < 1.29 is 28.5 Å². The van der Waals surface area contributed by atoms with Crippen LogP contribution in [0.15, 0.2) is 79.6 Å². The molecule has 0 atom stereocenters. The highest BCUT2D eigenvalue weighted by Crippen LogP contribution is 2.37. The molecule has 266 valence electrons. The molecule has 0 bridgehead atoms. The summed E-state index contributed by atoms with van der Waals surface area (Å²) in [5, 5.41) is 30.9. The monoisotopic (exact) mass is 701 g/mol. The third-order valence-electron chi connectivity index (χ3n) is 7.97. The minimum absolute atomic E-state index is 0.141. The van der Waals surface area contributed by atoms with E-state index in [1.165, 1.54) is 12.3 Å². The molecule has 1 aliphatic rings. The highest BCUT2D eigenvalue weighted by atomic mass is 16.6. The molecular weight excluding hydrogens is 662 g/mol. The van der Waals surface area contributed by atoms with E-state index in [1.807, 2.05) is 55.5 Å². The van der Waals surface area contributed by atoms with Crippen molar-refractivity contribution in [3.63, 3.8) is 0 Å². The van der Waals surface area contributed by atoms with E-state index in [0.29, 0.717) is 73.5 Å². The van der Waals surface area contributed by atoms with Gasteiger partial charge in [0.15, 0.2) is 11.5 Å². The number of rotatable bonds is 16. The molecule has 0 radical (unpaired) electrons. The molecule has 0 saturated carbocycles. The molecule has 1 aliphatic heterocycles. The number of aryl methyl sites for hydroxylation is 1. The molecule has 0 fully saturated rings. The molecule has 1 aromatic heterocycles. The molecule has 52 heavy (non-hydrogen) atoms. The second kappa shape index (κ2) is 18.4. The lowest BCUT2D eigenvalue weighted by atomic mass is 9.96. The van der Waals surface area contributed by atoms with Gasteiger partial charge in [-0.15, -0.1) is 0 Å². The number of hydrogen-bond acceptors (Lipinski definition) is 10. The lowest BCUT2D eigenvalue weighted by molar-refractivity contribution is -0.116. The maximum atomic E-state index is 12.1. The van der Waals surface area contributed by atoms with Gasteiger partial charge in [0.25, 0.3) is 0 Å². The van der Waals surface area contributed by atoms with E-state index in [2.05, 4.69) is 45.0 Å². The third-order valence-corrected chi connectivity index (χ3v) is 7.97. The van der Waals surface area contributed by atoms with Crippen molar-refractivity contribution >= 4 is 11.9 Å². The molecule has 3 aromatic carbocycles. The Kier molecular flexibility index (Phi) is 13.0. The van der Waals surface area contributed by atoms with Gasteiger partial charge in [-0.1, -0.05) is 30.8 Å². The Labute approximate surface area is 302 Å². The number of urea groups is 1. The van der Waals surface area contributed by atoms with E-state index in [-0.39, 0.29) is 31.7 Å². The summed E-state index contributed by atoms with van der Waals surface area (Å²) in [7, 11) is 0. The molecule has 0 saturated heterocycles. The van der Waals surface area contributed by atoms with E-state index in [4.69, 9.17) is 18.9 Å². The lowest BCUT2D eigenvalue weighted by Gasteiger charge is -2.19. The van der Waals surface area contributed by atoms with Crippen LogP contribution in [0, 0.1) is 29.6 Å². The van der Waals surface area contributed by atoms with Gasteiger partial charge in [0.05, 0.1) is 11.1 Å². The Morgan fingerprint density at radius 2 is 1.63 bits per heavy atom. The maximum absolute atomic E-state index is 12.1. The van der Waals surface area contributed by atoms with Crippen LogP contribution in [0.4, 0.5) is 4.79 Å². The fraction of sp³-hybridized carbons (Fsp3) is 0.256. The number of hydrogen-bond donors (Lipinski definition) is 4. The van der Waals surface area contributed by atoms with Crippen LogP contribution >= 0.6 is 0 Å². The fourth-order valence-corrected chi connectivity index (χ4v) is 5.39. The summed E-state index contributed by atoms with van der Waals surface area (Å²) < 4.78 is 24.0. The molecule has 2 heterocycles. The summed E-state index contributed by atoms with van der Waals surface area (Å²) in [5.41, 5.74) is 5.71. The van der Waals surface area contributed by atoms with Gasteiger partial charge in [-0.2, -0.15) is 10.5 Å². The Morgan fingerprint density at radius 3 is 2.42 bits per heavy atom. The number of pyridine rings is 1. The summed E-state index contributed by atoms with van der Waals surface area (Å²) in [6, 6.07) is 20.9. The van der Waals surface area contributed by atoms with Gasteiger partial charge in [0.1, 0.15) is 50.1 Å². The van der Waals surface area contributed by atoms with Crippen LogP contribution < -0.4 is 40.2 Å². The second-order valence-corrected chi connectivity index (χ2v) is 11.7. The number of nitrogens with zero attached hydrogens (tertiary/aromatic N) is 3. The van der Waals surface area contributed by atoms with Crippen LogP contribution in [0.2, 0.25) is 0 Å². The summed E-state index contributed by atoms with van der Waals surface area (Å²) >= 11 is 0. The molecule has 3 amide bonds. The van der Waals surface area contributed by atoms with Crippen LogP contribution in [-0.4, -0.2) is 56.3 Å². The first kappa shape index (κ1) is 36.7. The Balaban J connectivity index is 1.26. The zero-order chi connectivity index (χ0) is 36.7. The predicted octanol–water partition coefficient (Wildman–Crippen LogP) is 4.42. The van der Waals surface area contributed by atoms with Crippen LogP contribution in [0.25, 0.3) is 11.1 Å². The number of benzene rings is 3. The minimum Gasteiger partial charge on any atom is -0.488 e. The van der Waals surface area contributed by atoms with Gasteiger partial charge in [0.2, 0.25) is 5.91 Å². The van der Waals surface area contributed by atoms with E-state index < -0.39 is 0 Å². The van der Waals surface area contributed by atoms with Crippen LogP contribution in [0.1, 0.15) is 33.4 Å². The molecule has 4 aromatic rings. The van der Waals surface area contributed by atoms with Crippen molar-refractivity contribution in [1.29, 1.82) is 10.5 Å². The van der Waals surface area contributed by atoms with Crippen molar-refractivity contribution in [2.75, 3.05) is 39.4 Å². The number of aromatic nitrogens is 1. The zero-order valence-electron chi connectivity index (χ0n) is 28.8. The van der Waals surface area contributed by atoms with Crippen LogP contribution in [0.5, 0.6) is 23.0 Å². The van der Waals surface area contributed by atoms with Gasteiger partial charge in [-0.3, -0.25) is 9.78 Å². The highest BCUT2D eigenvalue weighted by molar-refractivity contribution is 5.86. The van der Waals surface area contributed by atoms with E-state index in [0.717, 1.165) is 33.4 Å². The molecular formula is C39H39N7O6. The predicted molar refractivity (Wildman–Crippen MR) is 193 cm³/mol. The SMILES string of the molecule is C=CC(=O)NCCNC(=O)NCCNCc1cc(C)c(OCc2cccc(-c3ccc4c(c3)OCCO4)c2C#N)cc1OCc1cncc(C#N)c1. The summed E-state index contributed by atoms with van der Waals surface area (Å²) in [6.45, 7) is 8.43. The lowest BCUT2D eigenvalue weighted by Crippen LogP contribution is -2.42. The van der Waals surface area contributed by atoms with E-state index in [9.17, 15) is 20.1 Å². The number of carbonyl (C=O) groups is 2. The quantitative estimate of drug-likeness (QED) is 0.0965. The molecule has 13 heteroatoms. The molecule has 0 aliphatic carbocycles. The average molecular weight is 702 g/mol. The Bertz CT molecular complexity index is 2000. The Morgan fingerprint density at radius 1 is 0.865 bits per heavy atom. The van der Waals surface area contributed by atoms with E-state index >= 15 is 0 Å². The first-order chi connectivity index (χ1) is 25.4. The average Bonchev–Trinajstić information content (AvgIpc) is 3.18.